The van der Waals surface area contributed by atoms with Crippen LogP contribution in [-0.4, -0.2) is 49.4 Å². The van der Waals surface area contributed by atoms with E-state index >= 15 is 0 Å². The van der Waals surface area contributed by atoms with Crippen molar-refractivity contribution in [3.63, 3.8) is 0 Å². The van der Waals surface area contributed by atoms with E-state index in [1.54, 1.807) is 4.90 Å². The quantitative estimate of drug-likeness (QED) is 0.645. The molecular formula is C24H28N3O2+. The zero-order valence-corrected chi connectivity index (χ0v) is 17.4. The van der Waals surface area contributed by atoms with E-state index in [0.29, 0.717) is 16.8 Å². The number of rotatable bonds is 3. The van der Waals surface area contributed by atoms with E-state index in [0.717, 1.165) is 49.4 Å². The number of imide groups is 1. The molecule has 0 aromatic heterocycles. The number of carbonyl (C=O) groups excluding carboxylic acids is 2. The minimum atomic E-state index is -0.250. The largest absolute Gasteiger partial charge is 0.365 e. The van der Waals surface area contributed by atoms with Gasteiger partial charge < -0.3 is 9.80 Å². The third-order valence-corrected chi connectivity index (χ3v) is 6.06. The predicted molar refractivity (Wildman–Crippen MR) is 115 cm³/mol. The number of hydrogen-bond donors (Lipinski definition) is 1. The van der Waals surface area contributed by atoms with Gasteiger partial charge in [-0.15, -0.1) is 0 Å². The highest BCUT2D eigenvalue weighted by Gasteiger charge is 2.37. The SMILES string of the molecule is CC[NH+]1CCN(C=C2C(=O)N(c3c(C)cccc3C)C(=O)c3ccccc32)CC1. The number of likely N-dealkylation sites (N-methyl/N-ethyl adjacent to an activating group) is 1. The molecule has 2 heterocycles. The van der Waals surface area contributed by atoms with E-state index in [-0.39, 0.29) is 11.8 Å². The lowest BCUT2D eigenvalue weighted by molar-refractivity contribution is -0.902. The molecule has 0 aliphatic carbocycles. The van der Waals surface area contributed by atoms with E-state index in [9.17, 15) is 9.59 Å². The van der Waals surface area contributed by atoms with Crippen LogP contribution in [0.4, 0.5) is 5.69 Å². The molecule has 4 rings (SSSR count). The van der Waals surface area contributed by atoms with Crippen LogP contribution in [0.3, 0.4) is 0 Å². The summed E-state index contributed by atoms with van der Waals surface area (Å²) in [6.07, 6.45) is 1.97. The van der Waals surface area contributed by atoms with Crippen LogP contribution in [0, 0.1) is 13.8 Å². The molecule has 0 atom stereocenters. The number of hydrogen-bond acceptors (Lipinski definition) is 3. The van der Waals surface area contributed by atoms with Crippen LogP contribution in [0.2, 0.25) is 0 Å². The molecule has 2 aliphatic heterocycles. The highest BCUT2D eigenvalue weighted by Crippen LogP contribution is 2.35. The van der Waals surface area contributed by atoms with Crippen LogP contribution in [0.15, 0.2) is 48.7 Å². The number of para-hydroxylation sites is 1. The van der Waals surface area contributed by atoms with Gasteiger partial charge in [0.25, 0.3) is 11.8 Å². The number of carbonyl (C=O) groups is 2. The van der Waals surface area contributed by atoms with Crippen LogP contribution < -0.4 is 9.80 Å². The summed E-state index contributed by atoms with van der Waals surface area (Å²) in [6, 6.07) is 13.3. The van der Waals surface area contributed by atoms with Gasteiger partial charge >= 0.3 is 0 Å². The zero-order valence-electron chi connectivity index (χ0n) is 17.4. The van der Waals surface area contributed by atoms with Crippen LogP contribution in [0.5, 0.6) is 0 Å². The maximum Gasteiger partial charge on any atom is 0.267 e. The number of amides is 2. The minimum absolute atomic E-state index is 0.239. The van der Waals surface area contributed by atoms with Gasteiger partial charge in [-0.1, -0.05) is 36.4 Å². The van der Waals surface area contributed by atoms with Crippen molar-refractivity contribution in [2.75, 3.05) is 37.6 Å². The van der Waals surface area contributed by atoms with Crippen molar-refractivity contribution in [1.82, 2.24) is 4.90 Å². The van der Waals surface area contributed by atoms with Crippen LogP contribution in [-0.2, 0) is 4.79 Å². The summed E-state index contributed by atoms with van der Waals surface area (Å²) in [7, 11) is 0. The molecule has 0 unspecified atom stereocenters. The van der Waals surface area contributed by atoms with E-state index < -0.39 is 0 Å². The highest BCUT2D eigenvalue weighted by atomic mass is 16.2. The molecule has 2 aromatic rings. The molecule has 0 spiro atoms. The van der Waals surface area contributed by atoms with Gasteiger partial charge in [0.15, 0.2) is 0 Å². The van der Waals surface area contributed by atoms with Gasteiger partial charge in [0.05, 0.1) is 44.0 Å². The maximum absolute atomic E-state index is 13.6. The Labute approximate surface area is 172 Å². The molecule has 0 radical (unpaired) electrons. The van der Waals surface area contributed by atoms with Gasteiger partial charge in [0.1, 0.15) is 0 Å². The number of nitrogens with zero attached hydrogens (tertiary/aromatic N) is 2. The number of aryl methyl sites for hydroxylation is 2. The number of anilines is 1. The van der Waals surface area contributed by atoms with Gasteiger partial charge in [-0.2, -0.15) is 0 Å². The topological polar surface area (TPSA) is 45.1 Å². The van der Waals surface area contributed by atoms with Crippen molar-refractivity contribution in [3.8, 4) is 0 Å². The van der Waals surface area contributed by atoms with Gasteiger partial charge in [-0.05, 0) is 38.0 Å². The lowest BCUT2D eigenvalue weighted by Crippen LogP contribution is -3.14. The molecular weight excluding hydrogens is 362 g/mol. The fourth-order valence-corrected chi connectivity index (χ4v) is 4.34. The third kappa shape index (κ3) is 3.47. The molecule has 29 heavy (non-hydrogen) atoms. The summed E-state index contributed by atoms with van der Waals surface area (Å²) in [4.78, 5) is 32.1. The van der Waals surface area contributed by atoms with Crippen molar-refractivity contribution in [2.45, 2.75) is 20.8 Å². The maximum atomic E-state index is 13.6. The molecule has 5 heteroatoms. The molecule has 0 bridgehead atoms. The van der Waals surface area contributed by atoms with Crippen LogP contribution in [0.25, 0.3) is 5.57 Å². The molecule has 5 nitrogen and oxygen atoms in total. The first-order valence-corrected chi connectivity index (χ1v) is 10.3. The second kappa shape index (κ2) is 7.84. The number of piperazine rings is 1. The summed E-state index contributed by atoms with van der Waals surface area (Å²) in [5, 5.41) is 0. The van der Waals surface area contributed by atoms with E-state index in [2.05, 4.69) is 11.8 Å². The standard InChI is InChI=1S/C24H27N3O2/c1-4-25-12-14-26(15-13-25)16-21-19-10-5-6-11-20(19)23(28)27(24(21)29)22-17(2)8-7-9-18(22)3/h5-11,16H,4,12-15H2,1-3H3/p+1. The molecule has 150 valence electrons. The summed E-state index contributed by atoms with van der Waals surface area (Å²) in [5.74, 6) is -0.489. The van der Waals surface area contributed by atoms with Crippen molar-refractivity contribution in [1.29, 1.82) is 0 Å². The lowest BCUT2D eigenvalue weighted by atomic mass is 9.92. The highest BCUT2D eigenvalue weighted by molar-refractivity contribution is 6.41. The Hall–Kier alpha value is -2.92. The molecule has 1 N–H and O–H groups in total. The van der Waals surface area contributed by atoms with Gasteiger partial charge in [-0.3, -0.25) is 9.59 Å². The minimum Gasteiger partial charge on any atom is -0.365 e. The van der Waals surface area contributed by atoms with Gasteiger partial charge in [0.2, 0.25) is 0 Å². The summed E-state index contributed by atoms with van der Waals surface area (Å²) in [5.41, 5.74) is 4.45. The van der Waals surface area contributed by atoms with Crippen molar-refractivity contribution < 1.29 is 14.5 Å². The normalized spacial score (nSPS) is 19.1. The van der Waals surface area contributed by atoms with Crippen molar-refractivity contribution in [2.24, 2.45) is 0 Å². The monoisotopic (exact) mass is 390 g/mol. The number of nitrogens with one attached hydrogen (secondary N) is 1. The molecule has 2 amide bonds. The summed E-state index contributed by atoms with van der Waals surface area (Å²) < 4.78 is 0. The lowest BCUT2D eigenvalue weighted by Gasteiger charge is -2.34. The Morgan fingerprint density at radius 3 is 2.14 bits per heavy atom. The molecule has 0 saturated carbocycles. The number of quaternary nitrogens is 1. The molecule has 2 aliphatic rings. The van der Waals surface area contributed by atoms with E-state index in [1.165, 1.54) is 4.90 Å². The summed E-state index contributed by atoms with van der Waals surface area (Å²) >= 11 is 0. The Balaban J connectivity index is 1.79. The van der Waals surface area contributed by atoms with Gasteiger partial charge in [0, 0.05) is 17.3 Å². The zero-order chi connectivity index (χ0) is 20.5. The molecule has 1 saturated heterocycles. The number of fused-ring (bicyclic) bond motifs is 1. The first-order valence-electron chi connectivity index (χ1n) is 10.3. The summed E-state index contributed by atoms with van der Waals surface area (Å²) in [6.45, 7) is 11.2. The molecule has 2 aromatic carbocycles. The second-order valence-electron chi connectivity index (χ2n) is 7.91. The second-order valence-corrected chi connectivity index (χ2v) is 7.91. The van der Waals surface area contributed by atoms with Crippen molar-refractivity contribution >= 4 is 23.1 Å². The Morgan fingerprint density at radius 1 is 0.897 bits per heavy atom. The Bertz CT molecular complexity index is 967. The van der Waals surface area contributed by atoms with E-state index in [4.69, 9.17) is 0 Å². The fraction of sp³-hybridized carbons (Fsp3) is 0.333. The van der Waals surface area contributed by atoms with Gasteiger partial charge in [-0.25, -0.2) is 4.90 Å². The average molecular weight is 391 g/mol. The fourth-order valence-electron chi connectivity index (χ4n) is 4.34. The van der Waals surface area contributed by atoms with Crippen LogP contribution in [0.1, 0.15) is 34.0 Å². The first kappa shape index (κ1) is 19.4. The predicted octanol–water partition coefficient (Wildman–Crippen LogP) is 2.05. The van der Waals surface area contributed by atoms with Crippen molar-refractivity contribution in [3.05, 3.63) is 70.9 Å². The van der Waals surface area contributed by atoms with E-state index in [1.807, 2.05) is 62.5 Å². The number of benzene rings is 2. The Kier molecular flexibility index (Phi) is 5.24. The third-order valence-electron chi connectivity index (χ3n) is 6.06. The first-order chi connectivity index (χ1) is 14.0. The smallest absolute Gasteiger partial charge is 0.267 e. The van der Waals surface area contributed by atoms with Crippen LogP contribution >= 0.6 is 0 Å². The Morgan fingerprint density at radius 2 is 1.52 bits per heavy atom. The average Bonchev–Trinajstić information content (AvgIpc) is 2.73. The molecule has 1 fully saturated rings.